The summed E-state index contributed by atoms with van der Waals surface area (Å²) in [6, 6.07) is 6.94. The fourth-order valence-corrected chi connectivity index (χ4v) is 3.42. The van der Waals surface area contributed by atoms with Gasteiger partial charge in [0.1, 0.15) is 24.6 Å². The van der Waals surface area contributed by atoms with Gasteiger partial charge >= 0.3 is 5.97 Å². The number of hydrogen-bond acceptors (Lipinski definition) is 5. The summed E-state index contributed by atoms with van der Waals surface area (Å²) in [5.74, 6) is 0.193. The molecule has 1 saturated heterocycles. The number of fused-ring (bicyclic) bond motifs is 1. The van der Waals surface area contributed by atoms with Crippen molar-refractivity contribution in [1.29, 1.82) is 0 Å². The number of aliphatic hydroxyl groups is 2. The first-order chi connectivity index (χ1) is 11.0. The van der Waals surface area contributed by atoms with Crippen LogP contribution in [-0.4, -0.2) is 41.1 Å². The molecule has 0 aromatic heterocycles. The number of rotatable bonds is 5. The molecule has 0 amide bonds. The SMILES string of the molecule is O=C1C[C@@H]2[C@@H](/C=C/[C@@H](O)COc3cccc(Cl)c3)[C@H](O)C[C@@H]2O1. The van der Waals surface area contributed by atoms with Gasteiger partial charge in [-0.05, 0) is 18.2 Å². The summed E-state index contributed by atoms with van der Waals surface area (Å²) >= 11 is 5.86. The first kappa shape index (κ1) is 16.3. The van der Waals surface area contributed by atoms with E-state index in [0.29, 0.717) is 23.6 Å². The average Bonchev–Trinajstić information content (AvgIpc) is 2.98. The summed E-state index contributed by atoms with van der Waals surface area (Å²) in [7, 11) is 0. The number of carbonyl (C=O) groups is 1. The van der Waals surface area contributed by atoms with Crippen LogP contribution in [0.15, 0.2) is 36.4 Å². The van der Waals surface area contributed by atoms with Crippen molar-refractivity contribution in [3.05, 3.63) is 41.4 Å². The highest BCUT2D eigenvalue weighted by molar-refractivity contribution is 6.30. The number of benzene rings is 1. The van der Waals surface area contributed by atoms with E-state index >= 15 is 0 Å². The van der Waals surface area contributed by atoms with Gasteiger partial charge in [-0.3, -0.25) is 4.79 Å². The molecule has 2 aliphatic rings. The smallest absolute Gasteiger partial charge is 0.306 e. The highest BCUT2D eigenvalue weighted by Gasteiger charge is 2.48. The van der Waals surface area contributed by atoms with Crippen molar-refractivity contribution in [1.82, 2.24) is 0 Å². The fraction of sp³-hybridized carbons (Fsp3) is 0.471. The molecule has 0 bridgehead atoms. The topological polar surface area (TPSA) is 76.0 Å². The molecule has 1 saturated carbocycles. The summed E-state index contributed by atoms with van der Waals surface area (Å²) in [5.41, 5.74) is 0. The summed E-state index contributed by atoms with van der Waals surface area (Å²) in [6.45, 7) is 0.0865. The number of carbonyl (C=O) groups excluding carboxylic acids is 1. The monoisotopic (exact) mass is 338 g/mol. The lowest BCUT2D eigenvalue weighted by Crippen LogP contribution is -2.20. The van der Waals surface area contributed by atoms with Gasteiger partial charge in [0, 0.05) is 23.3 Å². The van der Waals surface area contributed by atoms with Gasteiger partial charge in [-0.25, -0.2) is 0 Å². The Bertz CT molecular complexity index is 602. The molecule has 124 valence electrons. The summed E-state index contributed by atoms with van der Waals surface area (Å²) in [4.78, 5) is 11.3. The Labute approximate surface area is 139 Å². The van der Waals surface area contributed by atoms with Crippen molar-refractivity contribution in [2.24, 2.45) is 11.8 Å². The van der Waals surface area contributed by atoms with Crippen molar-refractivity contribution >= 4 is 17.6 Å². The fourth-order valence-electron chi connectivity index (χ4n) is 3.24. The predicted octanol–water partition coefficient (Wildman–Crippen LogP) is 1.95. The lowest BCUT2D eigenvalue weighted by atomic mass is 9.91. The Morgan fingerprint density at radius 1 is 1.48 bits per heavy atom. The minimum Gasteiger partial charge on any atom is -0.491 e. The number of halogens is 1. The molecule has 5 atom stereocenters. The van der Waals surface area contributed by atoms with E-state index in [-0.39, 0.29) is 30.5 Å². The second kappa shape index (κ2) is 6.91. The van der Waals surface area contributed by atoms with Gasteiger partial charge in [0.2, 0.25) is 0 Å². The van der Waals surface area contributed by atoms with Crippen LogP contribution in [-0.2, 0) is 9.53 Å². The number of esters is 1. The van der Waals surface area contributed by atoms with Crippen LogP contribution in [0.25, 0.3) is 0 Å². The molecular weight excluding hydrogens is 320 g/mol. The zero-order valence-electron chi connectivity index (χ0n) is 12.5. The van der Waals surface area contributed by atoms with Crippen LogP contribution in [0.5, 0.6) is 5.75 Å². The van der Waals surface area contributed by atoms with E-state index in [1.54, 1.807) is 36.4 Å². The molecule has 0 spiro atoms. The highest BCUT2D eigenvalue weighted by Crippen LogP contribution is 2.42. The lowest BCUT2D eigenvalue weighted by Gasteiger charge is -2.15. The minimum atomic E-state index is -0.807. The predicted molar refractivity (Wildman–Crippen MR) is 84.2 cm³/mol. The number of hydrogen-bond donors (Lipinski definition) is 2. The van der Waals surface area contributed by atoms with Crippen molar-refractivity contribution in [3.8, 4) is 5.75 Å². The zero-order valence-corrected chi connectivity index (χ0v) is 13.2. The van der Waals surface area contributed by atoms with Gasteiger partial charge in [0.05, 0.1) is 12.5 Å². The van der Waals surface area contributed by atoms with Crippen molar-refractivity contribution in [2.45, 2.75) is 31.2 Å². The number of aliphatic hydroxyl groups excluding tert-OH is 2. The van der Waals surface area contributed by atoms with Crippen molar-refractivity contribution in [2.75, 3.05) is 6.61 Å². The Morgan fingerprint density at radius 3 is 3.09 bits per heavy atom. The van der Waals surface area contributed by atoms with E-state index in [1.165, 1.54) is 0 Å². The average molecular weight is 339 g/mol. The van der Waals surface area contributed by atoms with E-state index in [2.05, 4.69) is 0 Å². The van der Waals surface area contributed by atoms with Crippen LogP contribution >= 0.6 is 11.6 Å². The van der Waals surface area contributed by atoms with Gasteiger partial charge in [-0.15, -0.1) is 0 Å². The molecule has 0 radical (unpaired) electrons. The van der Waals surface area contributed by atoms with E-state index in [9.17, 15) is 15.0 Å². The summed E-state index contributed by atoms with van der Waals surface area (Å²) in [6.07, 6.45) is 2.60. The van der Waals surface area contributed by atoms with Gasteiger partial charge in [-0.2, -0.15) is 0 Å². The lowest BCUT2D eigenvalue weighted by molar-refractivity contribution is -0.141. The van der Waals surface area contributed by atoms with Crippen LogP contribution in [0.2, 0.25) is 5.02 Å². The highest BCUT2D eigenvalue weighted by atomic mass is 35.5. The van der Waals surface area contributed by atoms with E-state index in [1.807, 2.05) is 0 Å². The maximum absolute atomic E-state index is 11.3. The first-order valence-corrected chi connectivity index (χ1v) is 8.03. The molecule has 1 aromatic rings. The third-order valence-electron chi connectivity index (χ3n) is 4.35. The van der Waals surface area contributed by atoms with E-state index in [4.69, 9.17) is 21.1 Å². The molecule has 1 heterocycles. The van der Waals surface area contributed by atoms with Crippen molar-refractivity contribution < 1.29 is 24.5 Å². The molecule has 0 unspecified atom stereocenters. The Kier molecular flexibility index (Phi) is 4.90. The van der Waals surface area contributed by atoms with Gasteiger partial charge in [0.15, 0.2) is 0 Å². The molecule has 1 aromatic carbocycles. The molecule has 2 N–H and O–H groups in total. The van der Waals surface area contributed by atoms with E-state index in [0.717, 1.165) is 0 Å². The van der Waals surface area contributed by atoms with Gasteiger partial charge < -0.3 is 19.7 Å². The standard InChI is InChI=1S/C17H19ClO5/c18-10-2-1-3-12(6-10)22-9-11(19)4-5-13-14-7-17(21)23-16(14)8-15(13)20/h1-6,11,13-16,19-20H,7-9H2/b5-4+/t11-,13-,14-,15-,16+/m1/s1. The Balaban J connectivity index is 1.53. The molecule has 1 aliphatic heterocycles. The van der Waals surface area contributed by atoms with Gasteiger partial charge in [-0.1, -0.05) is 29.8 Å². The van der Waals surface area contributed by atoms with Crippen LogP contribution in [0.1, 0.15) is 12.8 Å². The number of ether oxygens (including phenoxy) is 2. The third-order valence-corrected chi connectivity index (χ3v) is 4.58. The molecule has 23 heavy (non-hydrogen) atoms. The molecular formula is C17H19ClO5. The molecule has 5 nitrogen and oxygen atoms in total. The third kappa shape index (κ3) is 3.86. The molecule has 2 fully saturated rings. The van der Waals surface area contributed by atoms with Gasteiger partial charge in [0.25, 0.3) is 0 Å². The summed E-state index contributed by atoms with van der Waals surface area (Å²) in [5, 5.41) is 20.6. The Morgan fingerprint density at radius 2 is 2.30 bits per heavy atom. The molecule has 1 aliphatic carbocycles. The second-order valence-electron chi connectivity index (χ2n) is 6.00. The van der Waals surface area contributed by atoms with Crippen LogP contribution in [0.4, 0.5) is 0 Å². The van der Waals surface area contributed by atoms with E-state index < -0.39 is 12.2 Å². The first-order valence-electron chi connectivity index (χ1n) is 7.65. The largest absolute Gasteiger partial charge is 0.491 e. The zero-order chi connectivity index (χ0) is 16.4. The quantitative estimate of drug-likeness (QED) is 0.634. The summed E-state index contributed by atoms with van der Waals surface area (Å²) < 4.78 is 10.6. The second-order valence-corrected chi connectivity index (χ2v) is 6.43. The normalized spacial score (nSPS) is 31.2. The van der Waals surface area contributed by atoms with Crippen LogP contribution < -0.4 is 4.74 Å². The maximum Gasteiger partial charge on any atom is 0.306 e. The minimum absolute atomic E-state index is 0.00482. The van der Waals surface area contributed by atoms with Crippen LogP contribution in [0.3, 0.4) is 0 Å². The maximum atomic E-state index is 11.3. The van der Waals surface area contributed by atoms with Crippen molar-refractivity contribution in [3.63, 3.8) is 0 Å². The van der Waals surface area contributed by atoms with Crippen LogP contribution in [0, 0.1) is 11.8 Å². The Hall–Kier alpha value is -1.56. The molecule has 6 heteroatoms. The molecule has 3 rings (SSSR count).